The molecular formula is C15H11F3O. The van der Waals surface area contributed by atoms with Gasteiger partial charge in [0.2, 0.25) is 0 Å². The molecule has 2 rings (SSSR count). The van der Waals surface area contributed by atoms with Gasteiger partial charge in [-0.15, -0.1) is 0 Å². The van der Waals surface area contributed by atoms with E-state index in [1.54, 1.807) is 24.3 Å². The second-order valence-electron chi connectivity index (χ2n) is 4.12. The van der Waals surface area contributed by atoms with Crippen LogP contribution in [-0.4, -0.2) is 12.0 Å². The Hall–Kier alpha value is -2.10. The fourth-order valence-corrected chi connectivity index (χ4v) is 1.90. The summed E-state index contributed by atoms with van der Waals surface area (Å²) in [6.45, 7) is 0. The zero-order chi connectivity index (χ0) is 13.9. The molecule has 0 amide bonds. The Labute approximate surface area is 108 Å². The van der Waals surface area contributed by atoms with E-state index in [-0.39, 0.29) is 11.1 Å². The smallest absolute Gasteiger partial charge is 0.293 e. The van der Waals surface area contributed by atoms with Gasteiger partial charge < -0.3 is 0 Å². The molecule has 0 heterocycles. The molecule has 0 aliphatic heterocycles. The van der Waals surface area contributed by atoms with Crippen LogP contribution in [-0.2, 0) is 0 Å². The van der Waals surface area contributed by atoms with Gasteiger partial charge in [-0.05, 0) is 5.56 Å². The van der Waals surface area contributed by atoms with E-state index in [1.807, 2.05) is 0 Å². The van der Waals surface area contributed by atoms with Crippen LogP contribution in [0.4, 0.5) is 13.2 Å². The Kier molecular flexibility index (Phi) is 3.69. The first-order chi connectivity index (χ1) is 9.00. The molecule has 0 aliphatic rings. The van der Waals surface area contributed by atoms with Crippen molar-refractivity contribution in [2.45, 2.75) is 12.1 Å². The maximum atomic E-state index is 13.1. The Morgan fingerprint density at radius 1 is 0.842 bits per heavy atom. The number of ketones is 1. The number of Topliss-reactive ketones (excluding diaryl/α,β-unsaturated/α-hetero) is 1. The maximum absolute atomic E-state index is 13.1. The normalized spacial score (nSPS) is 13.0. The van der Waals surface area contributed by atoms with Crippen LogP contribution in [0.1, 0.15) is 21.8 Å². The summed E-state index contributed by atoms with van der Waals surface area (Å²) in [7, 11) is 0. The number of alkyl halides is 3. The molecule has 19 heavy (non-hydrogen) atoms. The lowest BCUT2D eigenvalue weighted by Gasteiger charge is -2.19. The molecule has 0 radical (unpaired) electrons. The summed E-state index contributed by atoms with van der Waals surface area (Å²) >= 11 is 0. The minimum Gasteiger partial charge on any atom is -0.293 e. The van der Waals surface area contributed by atoms with Crippen molar-refractivity contribution in [3.8, 4) is 0 Å². The maximum Gasteiger partial charge on any atom is 0.402 e. The fourth-order valence-electron chi connectivity index (χ4n) is 1.90. The number of carbonyl (C=O) groups is 1. The number of carbonyl (C=O) groups excluding carboxylic acids is 1. The van der Waals surface area contributed by atoms with Crippen LogP contribution in [0.2, 0.25) is 0 Å². The van der Waals surface area contributed by atoms with E-state index < -0.39 is 17.9 Å². The van der Waals surface area contributed by atoms with E-state index >= 15 is 0 Å². The van der Waals surface area contributed by atoms with Gasteiger partial charge in [0.15, 0.2) is 5.78 Å². The van der Waals surface area contributed by atoms with Gasteiger partial charge in [0.1, 0.15) is 5.92 Å². The predicted molar refractivity (Wildman–Crippen MR) is 66.0 cm³/mol. The third kappa shape index (κ3) is 3.02. The molecule has 0 fully saturated rings. The molecule has 0 saturated heterocycles. The summed E-state index contributed by atoms with van der Waals surface area (Å²) < 4.78 is 39.4. The van der Waals surface area contributed by atoms with Gasteiger partial charge in [-0.2, -0.15) is 13.2 Å². The first kappa shape index (κ1) is 13.3. The topological polar surface area (TPSA) is 17.1 Å². The largest absolute Gasteiger partial charge is 0.402 e. The van der Waals surface area contributed by atoms with Crippen LogP contribution < -0.4 is 0 Å². The minimum absolute atomic E-state index is 0.0381. The standard InChI is InChI=1S/C15H11F3O/c16-15(17,18)13(11-7-3-1-4-8-11)14(19)12-9-5-2-6-10-12/h1-10,13H/t13-/m1/s1. The Morgan fingerprint density at radius 2 is 1.32 bits per heavy atom. The van der Waals surface area contributed by atoms with Crippen LogP contribution in [0, 0.1) is 0 Å². The molecular weight excluding hydrogens is 253 g/mol. The lowest BCUT2D eigenvalue weighted by Crippen LogP contribution is -2.28. The van der Waals surface area contributed by atoms with Gasteiger partial charge in [0, 0.05) is 5.56 Å². The van der Waals surface area contributed by atoms with E-state index in [2.05, 4.69) is 0 Å². The van der Waals surface area contributed by atoms with Crippen LogP contribution in [0.3, 0.4) is 0 Å². The predicted octanol–water partition coefficient (Wildman–Crippen LogP) is 4.22. The minimum atomic E-state index is -4.60. The molecule has 2 aromatic carbocycles. The molecule has 0 N–H and O–H groups in total. The molecule has 0 aromatic heterocycles. The zero-order valence-electron chi connectivity index (χ0n) is 9.89. The van der Waals surface area contributed by atoms with Crippen molar-refractivity contribution in [3.63, 3.8) is 0 Å². The van der Waals surface area contributed by atoms with Gasteiger partial charge in [0.05, 0.1) is 0 Å². The quantitative estimate of drug-likeness (QED) is 0.759. The number of rotatable bonds is 3. The number of benzene rings is 2. The molecule has 0 aliphatic carbocycles. The molecule has 0 bridgehead atoms. The summed E-state index contributed by atoms with van der Waals surface area (Å²) in [4.78, 5) is 12.1. The van der Waals surface area contributed by atoms with Crippen LogP contribution in [0.5, 0.6) is 0 Å². The van der Waals surface area contributed by atoms with Gasteiger partial charge in [-0.3, -0.25) is 4.79 Å². The molecule has 1 nitrogen and oxygen atoms in total. The lowest BCUT2D eigenvalue weighted by molar-refractivity contribution is -0.139. The van der Waals surface area contributed by atoms with Crippen LogP contribution in [0.25, 0.3) is 0 Å². The summed E-state index contributed by atoms with van der Waals surface area (Å²) in [5, 5.41) is 0. The van der Waals surface area contributed by atoms with Gasteiger partial charge in [-0.25, -0.2) is 0 Å². The van der Waals surface area contributed by atoms with Gasteiger partial charge in [0.25, 0.3) is 0 Å². The summed E-state index contributed by atoms with van der Waals surface area (Å²) in [6, 6.07) is 14.8. The van der Waals surface area contributed by atoms with Crippen LogP contribution in [0.15, 0.2) is 60.7 Å². The third-order valence-corrected chi connectivity index (χ3v) is 2.78. The molecule has 98 valence electrons. The SMILES string of the molecule is O=C(c1ccccc1)[C@@H](c1ccccc1)C(F)(F)F. The van der Waals surface area contributed by atoms with E-state index in [9.17, 15) is 18.0 Å². The molecule has 0 unspecified atom stereocenters. The molecule has 2 aromatic rings. The van der Waals surface area contributed by atoms with Crippen molar-refractivity contribution >= 4 is 5.78 Å². The molecule has 0 saturated carbocycles. The molecule has 0 spiro atoms. The van der Waals surface area contributed by atoms with Crippen molar-refractivity contribution in [3.05, 3.63) is 71.8 Å². The van der Waals surface area contributed by atoms with E-state index in [0.29, 0.717) is 0 Å². The van der Waals surface area contributed by atoms with Crippen molar-refractivity contribution < 1.29 is 18.0 Å². The van der Waals surface area contributed by atoms with Crippen molar-refractivity contribution in [1.29, 1.82) is 0 Å². The average molecular weight is 264 g/mol. The highest BCUT2D eigenvalue weighted by Crippen LogP contribution is 2.37. The van der Waals surface area contributed by atoms with Gasteiger partial charge in [-0.1, -0.05) is 60.7 Å². The highest BCUT2D eigenvalue weighted by molar-refractivity contribution is 6.01. The summed E-state index contributed by atoms with van der Waals surface area (Å²) in [5.74, 6) is -3.05. The fraction of sp³-hybridized carbons (Fsp3) is 0.133. The van der Waals surface area contributed by atoms with E-state index in [0.717, 1.165) is 0 Å². The highest BCUT2D eigenvalue weighted by atomic mass is 19.4. The number of hydrogen-bond acceptors (Lipinski definition) is 1. The Bertz CT molecular complexity index is 547. The monoisotopic (exact) mass is 264 g/mol. The average Bonchev–Trinajstić information content (AvgIpc) is 2.39. The zero-order valence-corrected chi connectivity index (χ0v) is 9.89. The van der Waals surface area contributed by atoms with Crippen molar-refractivity contribution in [1.82, 2.24) is 0 Å². The van der Waals surface area contributed by atoms with Crippen LogP contribution >= 0.6 is 0 Å². The first-order valence-electron chi connectivity index (χ1n) is 5.71. The first-order valence-corrected chi connectivity index (χ1v) is 5.71. The molecule has 4 heteroatoms. The second-order valence-corrected chi connectivity index (χ2v) is 4.12. The number of halogens is 3. The lowest BCUT2D eigenvalue weighted by atomic mass is 9.90. The summed E-state index contributed by atoms with van der Waals surface area (Å²) in [5.41, 5.74) is 0.0255. The van der Waals surface area contributed by atoms with E-state index in [4.69, 9.17) is 0 Å². The van der Waals surface area contributed by atoms with Crippen molar-refractivity contribution in [2.75, 3.05) is 0 Å². The van der Waals surface area contributed by atoms with E-state index in [1.165, 1.54) is 36.4 Å². The third-order valence-electron chi connectivity index (χ3n) is 2.78. The summed E-state index contributed by atoms with van der Waals surface area (Å²) in [6.07, 6.45) is -4.60. The Morgan fingerprint density at radius 3 is 1.79 bits per heavy atom. The Balaban J connectivity index is 2.43. The van der Waals surface area contributed by atoms with Gasteiger partial charge >= 0.3 is 6.18 Å². The second kappa shape index (κ2) is 5.26. The van der Waals surface area contributed by atoms with Crippen molar-refractivity contribution in [2.24, 2.45) is 0 Å². The molecule has 1 atom stereocenters. The highest BCUT2D eigenvalue weighted by Gasteiger charge is 2.45. The number of hydrogen-bond donors (Lipinski definition) is 0.